The average molecular weight is 714 g/mol. The van der Waals surface area contributed by atoms with E-state index in [0.717, 1.165) is 31.4 Å². The maximum absolute atomic E-state index is 12.8. The molecule has 1 heterocycles. The minimum absolute atomic E-state index is 0.00710. The van der Waals surface area contributed by atoms with Gasteiger partial charge in [0.2, 0.25) is 16.9 Å². The number of unbranched alkanes of at least 4 members (excludes halogenated alkanes) is 3. The van der Waals surface area contributed by atoms with Crippen LogP contribution in [0, 0.1) is 21.4 Å². The lowest BCUT2D eigenvalue weighted by atomic mass is 10.2. The van der Waals surface area contributed by atoms with E-state index >= 15 is 0 Å². The van der Waals surface area contributed by atoms with Crippen molar-refractivity contribution in [2.24, 2.45) is 10.2 Å². The Morgan fingerprint density at radius 2 is 1.78 bits per heavy atom. The van der Waals surface area contributed by atoms with Crippen LogP contribution in [0.25, 0.3) is 10.2 Å². The Kier molecular flexibility index (Phi) is 16.4. The van der Waals surface area contributed by atoms with E-state index in [1.165, 1.54) is 23.5 Å². The molecule has 0 aliphatic heterocycles. The lowest BCUT2D eigenvalue weighted by molar-refractivity contribution is -0.384. The summed E-state index contributed by atoms with van der Waals surface area (Å²) in [5.41, 5.74) is 2.20. The van der Waals surface area contributed by atoms with Crippen molar-refractivity contribution in [1.82, 2.24) is 15.0 Å². The highest BCUT2D eigenvalue weighted by molar-refractivity contribution is 7.44. The zero-order valence-corrected chi connectivity index (χ0v) is 30.3. The van der Waals surface area contributed by atoms with Gasteiger partial charge in [-0.2, -0.15) is 5.26 Å². The number of aromatic nitrogens is 1. The third-order valence-corrected chi connectivity index (χ3v) is 9.87. The highest BCUT2D eigenvalue weighted by Gasteiger charge is 2.20. The maximum atomic E-state index is 12.8. The molecule has 3 aromatic rings. The van der Waals surface area contributed by atoms with Crippen molar-refractivity contribution in [3.8, 4) is 6.07 Å². The van der Waals surface area contributed by atoms with E-state index in [0.29, 0.717) is 52.9 Å². The van der Waals surface area contributed by atoms with Crippen LogP contribution in [0.2, 0.25) is 0 Å². The van der Waals surface area contributed by atoms with Crippen LogP contribution in [0.3, 0.4) is 0 Å². The number of hydrogen-bond donors (Lipinski definition) is 2. The fourth-order valence-electron chi connectivity index (χ4n) is 4.20. The number of rotatable bonds is 21. The number of nitriles is 1. The van der Waals surface area contributed by atoms with Crippen LogP contribution in [-0.4, -0.2) is 73.3 Å². The molecule has 2 aromatic carbocycles. The van der Waals surface area contributed by atoms with E-state index in [9.17, 15) is 19.7 Å². The molecular formula is C32H44N9O6PS. The summed E-state index contributed by atoms with van der Waals surface area (Å²) in [7, 11) is 4.50. The highest BCUT2D eigenvalue weighted by atomic mass is 32.1. The number of carbonyl (C=O) groups is 2. The molecule has 0 radical (unpaired) electrons. The standard InChI is InChI=1S/C32H44N9O6PS/c1-23(2)40(5)48(47-20-10-17-33)46-19-9-7-6-8-18-34-30(42)15-16-31(43)35-28-21-24(39(3)4)11-13-26(28)37-38-32-36-27-14-12-25(41(44)45)22-29(27)49-32/h11-14,21-23H,6-10,15-16,18-20H2,1-5H3,(H,34,42)(H,35,43). The monoisotopic (exact) mass is 713 g/mol. The van der Waals surface area contributed by atoms with Gasteiger partial charge in [0.15, 0.2) is 0 Å². The van der Waals surface area contributed by atoms with Gasteiger partial charge in [-0.15, -0.1) is 10.2 Å². The number of carbonyl (C=O) groups excluding carboxylic acids is 2. The summed E-state index contributed by atoms with van der Waals surface area (Å²) >= 11 is 1.17. The number of hydrogen-bond acceptors (Lipinski definition) is 13. The molecule has 2 N–H and O–H groups in total. The number of azo groups is 1. The van der Waals surface area contributed by atoms with Crippen molar-refractivity contribution in [3.63, 3.8) is 0 Å². The molecule has 0 aliphatic rings. The van der Waals surface area contributed by atoms with Gasteiger partial charge < -0.3 is 24.6 Å². The van der Waals surface area contributed by atoms with Crippen LogP contribution < -0.4 is 15.5 Å². The van der Waals surface area contributed by atoms with Crippen molar-refractivity contribution < 1.29 is 23.6 Å². The van der Waals surface area contributed by atoms with Crippen molar-refractivity contribution in [2.75, 3.05) is 51.1 Å². The molecule has 0 saturated heterocycles. The minimum atomic E-state index is -1.20. The van der Waals surface area contributed by atoms with Crippen molar-refractivity contribution >= 4 is 69.8 Å². The van der Waals surface area contributed by atoms with Crippen LogP contribution in [0.15, 0.2) is 46.6 Å². The summed E-state index contributed by atoms with van der Waals surface area (Å²) in [6.07, 6.45) is 3.91. The number of fused-ring (bicyclic) bond motifs is 1. The Morgan fingerprint density at radius 3 is 2.49 bits per heavy atom. The summed E-state index contributed by atoms with van der Waals surface area (Å²) in [5, 5.41) is 34.4. The number of nitrogens with one attached hydrogen (secondary N) is 2. The van der Waals surface area contributed by atoms with Gasteiger partial charge in [0.25, 0.3) is 14.2 Å². The predicted molar refractivity (Wildman–Crippen MR) is 193 cm³/mol. The molecule has 15 nitrogen and oxygen atoms in total. The van der Waals surface area contributed by atoms with Gasteiger partial charge in [0.1, 0.15) is 5.69 Å². The predicted octanol–water partition coefficient (Wildman–Crippen LogP) is 7.60. The molecular weight excluding hydrogens is 669 g/mol. The molecule has 0 bridgehead atoms. The normalized spacial score (nSPS) is 12.0. The molecule has 0 saturated carbocycles. The number of non-ortho nitro benzene ring substituents is 1. The maximum Gasteiger partial charge on any atom is 0.270 e. The zero-order valence-electron chi connectivity index (χ0n) is 28.5. The number of nitro benzene ring substituents is 1. The average Bonchev–Trinajstić information content (AvgIpc) is 3.49. The van der Waals surface area contributed by atoms with E-state index < -0.39 is 13.4 Å². The van der Waals surface area contributed by atoms with Gasteiger partial charge in [0.05, 0.1) is 46.5 Å². The van der Waals surface area contributed by atoms with Crippen LogP contribution in [0.4, 0.5) is 27.9 Å². The van der Waals surface area contributed by atoms with Crippen LogP contribution in [0.5, 0.6) is 0 Å². The lowest BCUT2D eigenvalue weighted by Gasteiger charge is -2.28. The number of anilines is 2. The number of nitro groups is 1. The molecule has 0 fully saturated rings. The Hall–Kier alpha value is -4.13. The molecule has 0 spiro atoms. The summed E-state index contributed by atoms with van der Waals surface area (Å²) < 4.78 is 14.4. The Morgan fingerprint density at radius 1 is 1.04 bits per heavy atom. The van der Waals surface area contributed by atoms with Gasteiger partial charge in [-0.3, -0.25) is 19.7 Å². The first-order chi connectivity index (χ1) is 23.5. The molecule has 3 rings (SSSR count). The second kappa shape index (κ2) is 20.4. The summed E-state index contributed by atoms with van der Waals surface area (Å²) in [6.45, 7) is 5.56. The Balaban J connectivity index is 1.42. The quantitative estimate of drug-likeness (QED) is 0.0366. The molecule has 0 aliphatic carbocycles. The van der Waals surface area contributed by atoms with E-state index in [4.69, 9.17) is 14.3 Å². The summed E-state index contributed by atoms with van der Waals surface area (Å²) in [5.74, 6) is -0.539. The Labute approximate surface area is 291 Å². The fourth-order valence-corrected chi connectivity index (χ4v) is 6.37. The van der Waals surface area contributed by atoms with Crippen molar-refractivity contribution in [3.05, 3.63) is 46.5 Å². The SMILES string of the molecule is CC(C)N(C)P(OCCC#N)OCCCCCCNC(=O)CCC(=O)Nc1cc(N(C)C)ccc1N=Nc1nc2ccc([N+](=O)[O-])cc2s1. The number of nitrogens with zero attached hydrogens (tertiary/aromatic N) is 7. The second-order valence-electron chi connectivity index (χ2n) is 11.5. The molecule has 2 amide bonds. The van der Waals surface area contributed by atoms with Gasteiger partial charge in [-0.25, -0.2) is 9.65 Å². The fraction of sp³-hybridized carbons (Fsp3) is 0.500. The number of benzene rings is 2. The molecule has 1 aromatic heterocycles. The molecule has 264 valence electrons. The zero-order chi connectivity index (χ0) is 35.8. The lowest BCUT2D eigenvalue weighted by Crippen LogP contribution is -2.25. The van der Waals surface area contributed by atoms with Gasteiger partial charge in [-0.1, -0.05) is 24.2 Å². The summed E-state index contributed by atoms with van der Waals surface area (Å²) in [6, 6.07) is 12.1. The largest absolute Gasteiger partial charge is 0.378 e. The number of thiazole rings is 1. The Bertz CT molecular complexity index is 1630. The van der Waals surface area contributed by atoms with Crippen LogP contribution in [0.1, 0.15) is 58.8 Å². The van der Waals surface area contributed by atoms with Gasteiger partial charge in [0, 0.05) is 57.3 Å². The van der Waals surface area contributed by atoms with Gasteiger partial charge in [-0.05, 0) is 58.0 Å². The summed E-state index contributed by atoms with van der Waals surface area (Å²) in [4.78, 5) is 42.1. The van der Waals surface area contributed by atoms with Crippen molar-refractivity contribution in [2.45, 2.75) is 64.8 Å². The molecule has 17 heteroatoms. The van der Waals surface area contributed by atoms with E-state index in [-0.39, 0.29) is 36.4 Å². The number of amides is 2. The first-order valence-corrected chi connectivity index (χ1v) is 17.9. The van der Waals surface area contributed by atoms with E-state index in [2.05, 4.69) is 45.8 Å². The van der Waals surface area contributed by atoms with E-state index in [1.54, 1.807) is 18.2 Å². The third kappa shape index (κ3) is 13.4. The first-order valence-electron chi connectivity index (χ1n) is 16.0. The third-order valence-electron chi connectivity index (χ3n) is 7.18. The van der Waals surface area contributed by atoms with Gasteiger partial charge >= 0.3 is 0 Å². The minimum Gasteiger partial charge on any atom is -0.378 e. The topological polar surface area (TPSA) is 188 Å². The molecule has 1 atom stereocenters. The van der Waals surface area contributed by atoms with Crippen LogP contribution >= 0.6 is 19.9 Å². The molecule has 1 unspecified atom stereocenters. The highest BCUT2D eigenvalue weighted by Crippen LogP contribution is 2.43. The van der Waals surface area contributed by atoms with E-state index in [1.807, 2.05) is 36.8 Å². The first kappa shape index (κ1) is 39.3. The second-order valence-corrected chi connectivity index (χ2v) is 14.1. The smallest absolute Gasteiger partial charge is 0.270 e. The molecule has 49 heavy (non-hydrogen) atoms. The van der Waals surface area contributed by atoms with Crippen molar-refractivity contribution in [1.29, 1.82) is 5.26 Å². The van der Waals surface area contributed by atoms with Crippen LogP contribution in [-0.2, 0) is 18.6 Å².